The number of carbonyl (C=O) groups is 1. The molecule has 1 heterocycles. The summed E-state index contributed by atoms with van der Waals surface area (Å²) in [5, 5.41) is 18.1. The van der Waals surface area contributed by atoms with Gasteiger partial charge in [-0.3, -0.25) is 0 Å². The average molecular weight is 373 g/mol. The maximum Gasteiger partial charge on any atom is 0.342 e. The summed E-state index contributed by atoms with van der Waals surface area (Å²) < 4.78 is 0. The van der Waals surface area contributed by atoms with Crippen molar-refractivity contribution in [2.45, 2.75) is 13.3 Å². The summed E-state index contributed by atoms with van der Waals surface area (Å²) in [6, 6.07) is 10.5. The van der Waals surface area contributed by atoms with Gasteiger partial charge in [0.1, 0.15) is 0 Å². The Balaban J connectivity index is 1.93. The molecule has 0 unspecified atom stereocenters. The lowest BCUT2D eigenvalue weighted by Crippen LogP contribution is -2.41. The van der Waals surface area contributed by atoms with E-state index >= 15 is 0 Å². The van der Waals surface area contributed by atoms with E-state index < -0.39 is 0 Å². The predicted octanol–water partition coefficient (Wildman–Crippen LogP) is 4.28. The molecular formula is C18H14Cl2N4O. The molecule has 1 aliphatic rings. The van der Waals surface area contributed by atoms with Crippen LogP contribution in [0.5, 0.6) is 0 Å². The molecule has 0 aliphatic carbocycles. The van der Waals surface area contributed by atoms with Crippen LogP contribution in [-0.4, -0.2) is 18.8 Å². The molecule has 1 N–H and O–H groups in total. The van der Waals surface area contributed by atoms with Gasteiger partial charge in [-0.1, -0.05) is 29.3 Å². The molecule has 25 heavy (non-hydrogen) atoms. The van der Waals surface area contributed by atoms with E-state index in [0.717, 1.165) is 16.7 Å². The quantitative estimate of drug-likeness (QED) is 0.873. The smallest absolute Gasteiger partial charge is 0.331 e. The molecule has 0 bridgehead atoms. The zero-order valence-electron chi connectivity index (χ0n) is 13.4. The van der Waals surface area contributed by atoms with E-state index in [9.17, 15) is 4.79 Å². The van der Waals surface area contributed by atoms with Crippen LogP contribution >= 0.6 is 23.2 Å². The molecular weight excluding hydrogens is 359 g/mol. The van der Waals surface area contributed by atoms with Gasteiger partial charge < -0.3 is 5.32 Å². The predicted molar refractivity (Wildman–Crippen MR) is 99.5 cm³/mol. The van der Waals surface area contributed by atoms with E-state index in [-0.39, 0.29) is 6.03 Å². The van der Waals surface area contributed by atoms with Crippen molar-refractivity contribution in [3.8, 4) is 6.07 Å². The number of anilines is 1. The second-order valence-corrected chi connectivity index (χ2v) is 6.43. The summed E-state index contributed by atoms with van der Waals surface area (Å²) in [4.78, 5) is 11.9. The molecule has 2 aromatic rings. The second kappa shape index (κ2) is 7.14. The van der Waals surface area contributed by atoms with E-state index in [1.54, 1.807) is 24.4 Å². The molecule has 5 nitrogen and oxygen atoms in total. The van der Waals surface area contributed by atoms with Crippen molar-refractivity contribution in [2.24, 2.45) is 5.10 Å². The molecule has 0 saturated heterocycles. The molecule has 0 saturated carbocycles. The number of urea groups is 1. The summed E-state index contributed by atoms with van der Waals surface area (Å²) in [6.07, 6.45) is 2.15. The number of hydrazone groups is 1. The third kappa shape index (κ3) is 3.60. The zero-order chi connectivity index (χ0) is 18.0. The number of amides is 2. The summed E-state index contributed by atoms with van der Waals surface area (Å²) in [6.45, 7) is 2.34. The third-order valence-electron chi connectivity index (χ3n) is 3.93. The Labute approximate surface area is 155 Å². The van der Waals surface area contributed by atoms with Crippen molar-refractivity contribution in [1.29, 1.82) is 5.26 Å². The minimum atomic E-state index is -0.291. The monoisotopic (exact) mass is 372 g/mol. The van der Waals surface area contributed by atoms with Crippen LogP contribution in [0.2, 0.25) is 10.0 Å². The van der Waals surface area contributed by atoms with Crippen molar-refractivity contribution in [3.63, 3.8) is 0 Å². The van der Waals surface area contributed by atoms with Crippen molar-refractivity contribution in [2.75, 3.05) is 11.6 Å². The van der Waals surface area contributed by atoms with Gasteiger partial charge in [0.2, 0.25) is 0 Å². The minimum Gasteiger partial charge on any atom is -0.331 e. The molecule has 1 aliphatic heterocycles. The average Bonchev–Trinajstić information content (AvgIpc) is 2.59. The van der Waals surface area contributed by atoms with Crippen molar-refractivity contribution >= 4 is 41.1 Å². The van der Waals surface area contributed by atoms with Gasteiger partial charge in [0.05, 0.1) is 23.9 Å². The highest BCUT2D eigenvalue weighted by atomic mass is 35.5. The molecule has 0 atom stereocenters. The molecule has 3 rings (SSSR count). The minimum absolute atomic E-state index is 0.291. The van der Waals surface area contributed by atoms with Crippen molar-refractivity contribution in [3.05, 3.63) is 62.6 Å². The SMILES string of the molecule is Cc1cc(N2N=CCNC2=O)cc(Cl)c1Cc1ccc(C#N)cc1Cl. The number of rotatable bonds is 3. The molecule has 126 valence electrons. The van der Waals surface area contributed by atoms with Crippen LogP contribution in [0.4, 0.5) is 10.5 Å². The number of hydrogen-bond acceptors (Lipinski definition) is 3. The van der Waals surface area contributed by atoms with E-state index in [1.165, 1.54) is 5.01 Å². The molecule has 2 amide bonds. The highest BCUT2D eigenvalue weighted by Crippen LogP contribution is 2.31. The van der Waals surface area contributed by atoms with Gasteiger partial charge in [-0.25, -0.2) is 4.79 Å². The molecule has 0 radical (unpaired) electrons. The van der Waals surface area contributed by atoms with E-state index in [4.69, 9.17) is 28.5 Å². The van der Waals surface area contributed by atoms with Crippen LogP contribution in [0.3, 0.4) is 0 Å². The highest BCUT2D eigenvalue weighted by molar-refractivity contribution is 6.32. The van der Waals surface area contributed by atoms with Crippen LogP contribution in [0, 0.1) is 18.3 Å². The van der Waals surface area contributed by atoms with Gasteiger partial charge in [0, 0.05) is 22.7 Å². The fourth-order valence-corrected chi connectivity index (χ4v) is 3.19. The number of aryl methyl sites for hydroxylation is 1. The first-order valence-electron chi connectivity index (χ1n) is 7.57. The first-order valence-corrected chi connectivity index (χ1v) is 8.33. The molecule has 0 spiro atoms. The number of nitriles is 1. The lowest BCUT2D eigenvalue weighted by atomic mass is 9.99. The van der Waals surface area contributed by atoms with Crippen LogP contribution in [0.15, 0.2) is 35.4 Å². The third-order valence-corrected chi connectivity index (χ3v) is 4.62. The lowest BCUT2D eigenvalue weighted by Gasteiger charge is -2.22. The maximum absolute atomic E-state index is 11.9. The van der Waals surface area contributed by atoms with Gasteiger partial charge in [-0.2, -0.15) is 15.4 Å². The van der Waals surface area contributed by atoms with Crippen molar-refractivity contribution < 1.29 is 4.79 Å². The first kappa shape index (κ1) is 17.3. The first-order chi connectivity index (χ1) is 12.0. The van der Waals surface area contributed by atoms with Gasteiger partial charge in [0.25, 0.3) is 0 Å². The Hall–Kier alpha value is -2.55. The molecule has 7 heteroatoms. The van der Waals surface area contributed by atoms with Gasteiger partial charge in [0.15, 0.2) is 0 Å². The Morgan fingerprint density at radius 2 is 2.08 bits per heavy atom. The number of hydrogen-bond donors (Lipinski definition) is 1. The molecule has 0 fully saturated rings. The normalized spacial score (nSPS) is 13.5. The highest BCUT2D eigenvalue weighted by Gasteiger charge is 2.19. The van der Waals surface area contributed by atoms with E-state index in [2.05, 4.69) is 16.5 Å². The largest absolute Gasteiger partial charge is 0.342 e. The summed E-state index contributed by atoms with van der Waals surface area (Å²) in [7, 11) is 0. The number of carbonyl (C=O) groups excluding carboxylic acids is 1. The van der Waals surface area contributed by atoms with Crippen LogP contribution in [0.25, 0.3) is 0 Å². The fraction of sp³-hybridized carbons (Fsp3) is 0.167. The topological polar surface area (TPSA) is 68.5 Å². The Bertz CT molecular complexity index is 895. The summed E-state index contributed by atoms with van der Waals surface area (Å²) in [5.41, 5.74) is 3.84. The summed E-state index contributed by atoms with van der Waals surface area (Å²) >= 11 is 12.7. The van der Waals surface area contributed by atoms with E-state index in [0.29, 0.717) is 34.3 Å². The number of nitrogens with zero attached hydrogens (tertiary/aromatic N) is 3. The second-order valence-electron chi connectivity index (χ2n) is 5.61. The maximum atomic E-state index is 11.9. The van der Waals surface area contributed by atoms with Crippen LogP contribution < -0.4 is 10.3 Å². The molecule has 0 aromatic heterocycles. The number of nitrogens with one attached hydrogen (secondary N) is 1. The zero-order valence-corrected chi connectivity index (χ0v) is 14.9. The standard InChI is InChI=1S/C18H14Cl2N4O/c1-11-6-14(24-18(25)22-4-5-23-24)9-17(20)15(11)8-13-3-2-12(10-21)7-16(13)19/h2-3,5-7,9H,4,8H2,1H3,(H,22,25). The Morgan fingerprint density at radius 3 is 2.72 bits per heavy atom. The van der Waals surface area contributed by atoms with E-state index in [1.807, 2.05) is 19.1 Å². The van der Waals surface area contributed by atoms with Gasteiger partial charge in [-0.15, -0.1) is 0 Å². The fourth-order valence-electron chi connectivity index (χ4n) is 2.62. The summed E-state index contributed by atoms with van der Waals surface area (Å²) in [5.74, 6) is 0. The lowest BCUT2D eigenvalue weighted by molar-refractivity contribution is 0.247. The van der Waals surface area contributed by atoms with Gasteiger partial charge >= 0.3 is 6.03 Å². The number of benzene rings is 2. The Morgan fingerprint density at radius 1 is 1.28 bits per heavy atom. The Kier molecular flexibility index (Phi) is 4.93. The van der Waals surface area contributed by atoms with Crippen LogP contribution in [-0.2, 0) is 6.42 Å². The number of halogens is 2. The molecule has 2 aromatic carbocycles. The van der Waals surface area contributed by atoms with Crippen molar-refractivity contribution in [1.82, 2.24) is 5.32 Å². The van der Waals surface area contributed by atoms with Gasteiger partial charge in [-0.05, 0) is 47.9 Å². The van der Waals surface area contributed by atoms with Crippen LogP contribution in [0.1, 0.15) is 22.3 Å².